The van der Waals surface area contributed by atoms with Gasteiger partial charge in [0, 0.05) is 25.4 Å². The second kappa shape index (κ2) is 12.7. The van der Waals surface area contributed by atoms with E-state index in [2.05, 4.69) is 10.3 Å². The highest BCUT2D eigenvalue weighted by Gasteiger charge is 2.22. The Bertz CT molecular complexity index is 1260. The van der Waals surface area contributed by atoms with E-state index in [1.165, 1.54) is 29.9 Å². The summed E-state index contributed by atoms with van der Waals surface area (Å²) in [5.74, 6) is -3.75. The van der Waals surface area contributed by atoms with E-state index in [1.54, 1.807) is 16.7 Å². The molecule has 9 nitrogen and oxygen atoms in total. The highest BCUT2D eigenvalue weighted by molar-refractivity contribution is 5.93. The molecule has 0 aliphatic heterocycles. The van der Waals surface area contributed by atoms with Gasteiger partial charge in [-0.1, -0.05) is 31.5 Å². The third kappa shape index (κ3) is 7.43. The van der Waals surface area contributed by atoms with Gasteiger partial charge in [0.15, 0.2) is 11.6 Å². The standard InChI is InChI=1S/C26H28F2N4O5/c1-2-3-4-23-29-14-22(32(23)15-16-5-8-18(9-6-16)26(35)36)25(34)30-19(13-24(33)31-37)11-17-7-10-20(27)21(28)12-17/h5-10,12,14,19,37H,2-4,11,13,15H2,1H3,(H,30,34)(H,31,33)(H,35,36)/t19-/m1/s1. The predicted molar refractivity (Wildman–Crippen MR) is 129 cm³/mol. The Balaban J connectivity index is 1.86. The molecule has 1 atom stereocenters. The van der Waals surface area contributed by atoms with Crippen LogP contribution in [0.3, 0.4) is 0 Å². The van der Waals surface area contributed by atoms with Gasteiger partial charge in [0.25, 0.3) is 5.91 Å². The molecule has 1 aromatic heterocycles. The van der Waals surface area contributed by atoms with Crippen LogP contribution in [0.25, 0.3) is 0 Å². The Morgan fingerprint density at radius 1 is 1.05 bits per heavy atom. The summed E-state index contributed by atoms with van der Waals surface area (Å²) < 4.78 is 28.7. The largest absolute Gasteiger partial charge is 0.478 e. The number of aromatic nitrogens is 2. The number of hydrogen-bond donors (Lipinski definition) is 4. The number of rotatable bonds is 12. The fraction of sp³-hybridized carbons (Fsp3) is 0.308. The number of imidazole rings is 1. The minimum atomic E-state index is -1.05. The molecule has 0 radical (unpaired) electrons. The molecule has 37 heavy (non-hydrogen) atoms. The summed E-state index contributed by atoms with van der Waals surface area (Å²) in [6.45, 7) is 2.28. The quantitative estimate of drug-likeness (QED) is 0.216. The Morgan fingerprint density at radius 3 is 2.38 bits per heavy atom. The zero-order valence-corrected chi connectivity index (χ0v) is 20.2. The van der Waals surface area contributed by atoms with E-state index in [1.807, 2.05) is 6.92 Å². The molecular formula is C26H28F2N4O5. The number of halogens is 2. The summed E-state index contributed by atoms with van der Waals surface area (Å²) in [4.78, 5) is 40.7. The zero-order chi connectivity index (χ0) is 26.9. The lowest BCUT2D eigenvalue weighted by Gasteiger charge is -2.19. The van der Waals surface area contributed by atoms with Crippen molar-refractivity contribution in [2.24, 2.45) is 0 Å². The topological polar surface area (TPSA) is 134 Å². The summed E-state index contributed by atoms with van der Waals surface area (Å²) in [7, 11) is 0. The van der Waals surface area contributed by atoms with Crippen molar-refractivity contribution in [1.29, 1.82) is 0 Å². The minimum Gasteiger partial charge on any atom is -0.478 e. The van der Waals surface area contributed by atoms with Gasteiger partial charge in [-0.15, -0.1) is 0 Å². The van der Waals surface area contributed by atoms with Crippen molar-refractivity contribution < 1.29 is 33.5 Å². The summed E-state index contributed by atoms with van der Waals surface area (Å²) >= 11 is 0. The lowest BCUT2D eigenvalue weighted by molar-refractivity contribution is -0.129. The fourth-order valence-electron chi connectivity index (χ4n) is 3.90. The summed E-state index contributed by atoms with van der Waals surface area (Å²) in [5, 5.41) is 20.8. The van der Waals surface area contributed by atoms with Crippen molar-refractivity contribution in [3.8, 4) is 0 Å². The predicted octanol–water partition coefficient (Wildman–Crippen LogP) is 3.49. The maximum Gasteiger partial charge on any atom is 0.335 e. The van der Waals surface area contributed by atoms with Gasteiger partial charge in [0.05, 0.1) is 11.8 Å². The number of benzene rings is 2. The van der Waals surface area contributed by atoms with Crippen molar-refractivity contribution in [3.63, 3.8) is 0 Å². The lowest BCUT2D eigenvalue weighted by atomic mass is 10.0. The first-order chi connectivity index (χ1) is 17.7. The Morgan fingerprint density at radius 2 is 1.76 bits per heavy atom. The molecule has 4 N–H and O–H groups in total. The van der Waals surface area contributed by atoms with Crippen molar-refractivity contribution in [2.45, 2.75) is 51.6 Å². The van der Waals surface area contributed by atoms with E-state index in [0.29, 0.717) is 17.8 Å². The second-order valence-corrected chi connectivity index (χ2v) is 8.61. The van der Waals surface area contributed by atoms with Crippen molar-refractivity contribution >= 4 is 17.8 Å². The normalized spacial score (nSPS) is 11.7. The molecule has 0 bridgehead atoms. The van der Waals surface area contributed by atoms with Crippen LogP contribution < -0.4 is 10.8 Å². The van der Waals surface area contributed by atoms with Crippen LogP contribution in [-0.4, -0.2) is 43.7 Å². The monoisotopic (exact) mass is 514 g/mol. The van der Waals surface area contributed by atoms with Crippen LogP contribution in [0.2, 0.25) is 0 Å². The Kier molecular flexibility index (Phi) is 9.45. The highest BCUT2D eigenvalue weighted by Crippen LogP contribution is 2.16. The Labute approximate surface area is 212 Å². The third-order valence-electron chi connectivity index (χ3n) is 5.82. The lowest BCUT2D eigenvalue weighted by Crippen LogP contribution is -2.41. The number of unbranched alkanes of at least 4 members (excludes halogenated alkanes) is 1. The average molecular weight is 515 g/mol. The molecule has 0 spiro atoms. The SMILES string of the molecule is CCCCc1ncc(C(=O)N[C@@H](CC(=O)NO)Cc2ccc(F)c(F)c2)n1Cc1ccc(C(=O)O)cc1. The average Bonchev–Trinajstić information content (AvgIpc) is 3.27. The molecular weight excluding hydrogens is 486 g/mol. The number of amides is 2. The van der Waals surface area contributed by atoms with E-state index < -0.39 is 35.5 Å². The van der Waals surface area contributed by atoms with Crippen LogP contribution in [0.15, 0.2) is 48.7 Å². The molecule has 2 aromatic carbocycles. The van der Waals surface area contributed by atoms with E-state index >= 15 is 0 Å². The first-order valence-electron chi connectivity index (χ1n) is 11.8. The number of nitrogens with zero attached hydrogens (tertiary/aromatic N) is 2. The second-order valence-electron chi connectivity index (χ2n) is 8.61. The van der Waals surface area contributed by atoms with Crippen molar-refractivity contribution in [1.82, 2.24) is 20.3 Å². The van der Waals surface area contributed by atoms with Gasteiger partial charge in [-0.25, -0.2) is 24.0 Å². The van der Waals surface area contributed by atoms with Crippen molar-refractivity contribution in [3.05, 3.63) is 88.5 Å². The molecule has 0 aliphatic carbocycles. The maximum absolute atomic E-state index is 13.7. The van der Waals surface area contributed by atoms with Crippen LogP contribution >= 0.6 is 0 Å². The van der Waals surface area contributed by atoms with E-state index in [4.69, 9.17) is 10.3 Å². The molecule has 2 amide bonds. The molecule has 0 unspecified atom stereocenters. The van der Waals surface area contributed by atoms with E-state index in [9.17, 15) is 23.2 Å². The number of carbonyl (C=O) groups excluding carboxylic acids is 2. The van der Waals surface area contributed by atoms with Gasteiger partial charge in [0.1, 0.15) is 11.5 Å². The number of carboxylic acids is 1. The molecule has 0 saturated heterocycles. The summed E-state index contributed by atoms with van der Waals surface area (Å²) in [6, 6.07) is 8.72. The number of hydrogen-bond acceptors (Lipinski definition) is 5. The maximum atomic E-state index is 13.7. The van der Waals surface area contributed by atoms with Crippen LogP contribution in [0, 0.1) is 11.6 Å². The van der Waals surface area contributed by atoms with Gasteiger partial charge in [-0.2, -0.15) is 0 Å². The molecule has 0 fully saturated rings. The smallest absolute Gasteiger partial charge is 0.335 e. The number of carboxylic acid groups (broad SMARTS) is 1. The Hall–Kier alpha value is -4.12. The summed E-state index contributed by atoms with van der Waals surface area (Å²) in [6.07, 6.45) is 3.48. The molecule has 0 aliphatic rings. The highest BCUT2D eigenvalue weighted by atomic mass is 19.2. The van der Waals surface area contributed by atoms with Gasteiger partial charge < -0.3 is 15.0 Å². The first kappa shape index (κ1) is 27.5. The van der Waals surface area contributed by atoms with E-state index in [0.717, 1.165) is 30.5 Å². The van der Waals surface area contributed by atoms with Crippen LogP contribution in [0.1, 0.15) is 64.0 Å². The fourth-order valence-corrected chi connectivity index (χ4v) is 3.90. The van der Waals surface area contributed by atoms with Crippen LogP contribution in [-0.2, 0) is 24.2 Å². The summed E-state index contributed by atoms with van der Waals surface area (Å²) in [5.41, 5.74) is 2.98. The number of aromatic carboxylic acids is 1. The van der Waals surface area contributed by atoms with Crippen LogP contribution in [0.4, 0.5) is 8.78 Å². The number of hydroxylamine groups is 1. The van der Waals surface area contributed by atoms with Crippen LogP contribution in [0.5, 0.6) is 0 Å². The molecule has 0 saturated carbocycles. The van der Waals surface area contributed by atoms with Crippen molar-refractivity contribution in [2.75, 3.05) is 0 Å². The molecule has 11 heteroatoms. The molecule has 3 rings (SSSR count). The van der Waals surface area contributed by atoms with Gasteiger partial charge in [-0.3, -0.25) is 14.8 Å². The number of aryl methyl sites for hydroxylation is 1. The first-order valence-corrected chi connectivity index (χ1v) is 11.8. The van der Waals surface area contributed by atoms with E-state index in [-0.39, 0.29) is 30.6 Å². The number of nitrogens with one attached hydrogen (secondary N) is 2. The zero-order valence-electron chi connectivity index (χ0n) is 20.2. The molecule has 196 valence electrons. The van der Waals surface area contributed by atoms with Gasteiger partial charge >= 0.3 is 5.97 Å². The van der Waals surface area contributed by atoms with Gasteiger partial charge in [0.2, 0.25) is 5.91 Å². The van der Waals surface area contributed by atoms with Gasteiger partial charge in [-0.05, 0) is 48.2 Å². The molecule has 3 aromatic rings. The third-order valence-corrected chi connectivity index (χ3v) is 5.82. The minimum absolute atomic E-state index is 0.00381. The molecule has 1 heterocycles. The number of carbonyl (C=O) groups is 3.